The van der Waals surface area contributed by atoms with E-state index in [0.717, 1.165) is 10.7 Å². The zero-order valence-electron chi connectivity index (χ0n) is 11.3. The Morgan fingerprint density at radius 2 is 2.24 bits per heavy atom. The van der Waals surface area contributed by atoms with E-state index >= 15 is 0 Å². The molecule has 0 radical (unpaired) electrons. The number of rotatable bonds is 2. The van der Waals surface area contributed by atoms with Crippen LogP contribution in [0.1, 0.15) is 5.56 Å². The van der Waals surface area contributed by atoms with Crippen LogP contribution in [0.25, 0.3) is 0 Å². The molecule has 0 unspecified atom stereocenters. The number of hydrogen-bond acceptors (Lipinski definition) is 5. The van der Waals surface area contributed by atoms with E-state index in [1.54, 1.807) is 6.07 Å². The lowest BCUT2D eigenvalue weighted by Crippen LogP contribution is -2.35. The molecule has 1 aromatic carbocycles. The number of aliphatic imine (C=N–C) groups is 1. The predicted molar refractivity (Wildman–Crippen MR) is 84.1 cm³/mol. The quantitative estimate of drug-likeness (QED) is 0.822. The molecule has 0 N–H and O–H groups in total. The molecule has 2 atom stereocenters. The Morgan fingerprint density at radius 1 is 1.48 bits per heavy atom. The summed E-state index contributed by atoms with van der Waals surface area (Å²) in [5, 5.41) is 1.21. The Balaban J connectivity index is 1.69. The molecule has 21 heavy (non-hydrogen) atoms. The van der Waals surface area contributed by atoms with Gasteiger partial charge in [0.15, 0.2) is 15.0 Å². The molecule has 2 aliphatic heterocycles. The van der Waals surface area contributed by atoms with Crippen LogP contribution >= 0.6 is 23.4 Å². The maximum atomic E-state index is 13.0. The zero-order chi connectivity index (χ0) is 15.2. The van der Waals surface area contributed by atoms with Gasteiger partial charge >= 0.3 is 0 Å². The molecule has 4 nitrogen and oxygen atoms in total. The van der Waals surface area contributed by atoms with Gasteiger partial charge in [0.2, 0.25) is 0 Å². The molecule has 0 saturated carbocycles. The van der Waals surface area contributed by atoms with Crippen molar-refractivity contribution < 1.29 is 12.8 Å². The molecule has 0 bridgehead atoms. The van der Waals surface area contributed by atoms with E-state index in [1.165, 1.54) is 23.9 Å². The Labute approximate surface area is 132 Å². The molecular weight excluding hydrogens is 335 g/mol. The van der Waals surface area contributed by atoms with Crippen LogP contribution in [-0.4, -0.2) is 49.1 Å². The number of hydrogen-bond donors (Lipinski definition) is 0. The summed E-state index contributed by atoms with van der Waals surface area (Å²) < 4.78 is 36.2. The van der Waals surface area contributed by atoms with Crippen LogP contribution in [0.3, 0.4) is 0 Å². The fraction of sp³-hybridized carbons (Fsp3) is 0.462. The van der Waals surface area contributed by atoms with Crippen molar-refractivity contribution in [3.8, 4) is 0 Å². The molecule has 2 heterocycles. The fourth-order valence-electron chi connectivity index (χ4n) is 2.60. The number of amidine groups is 1. The average molecular weight is 349 g/mol. The summed E-state index contributed by atoms with van der Waals surface area (Å²) in [6.45, 7) is 0. The van der Waals surface area contributed by atoms with Gasteiger partial charge in [0.25, 0.3) is 0 Å². The van der Waals surface area contributed by atoms with Crippen LogP contribution in [0.4, 0.5) is 4.39 Å². The van der Waals surface area contributed by atoms with E-state index in [0.29, 0.717) is 10.8 Å². The molecule has 1 saturated heterocycles. The van der Waals surface area contributed by atoms with E-state index in [1.807, 2.05) is 11.9 Å². The van der Waals surface area contributed by atoms with Crippen LogP contribution in [-0.2, 0) is 15.6 Å². The minimum atomic E-state index is -2.96. The Hall–Kier alpha value is -0.790. The van der Waals surface area contributed by atoms with Crippen molar-refractivity contribution in [1.29, 1.82) is 0 Å². The minimum Gasteiger partial charge on any atom is -0.348 e. The topological polar surface area (TPSA) is 49.7 Å². The van der Waals surface area contributed by atoms with E-state index in [2.05, 4.69) is 4.99 Å². The maximum absolute atomic E-state index is 13.0. The largest absolute Gasteiger partial charge is 0.348 e. The summed E-state index contributed by atoms with van der Waals surface area (Å²) in [6.07, 6.45) is 0. The normalized spacial score (nSPS) is 26.8. The molecular formula is C13H14ClFN2O2S2. The van der Waals surface area contributed by atoms with Crippen molar-refractivity contribution in [1.82, 2.24) is 4.90 Å². The van der Waals surface area contributed by atoms with Crippen molar-refractivity contribution in [2.75, 3.05) is 18.6 Å². The summed E-state index contributed by atoms with van der Waals surface area (Å²) in [6, 6.07) is 4.11. The number of fused-ring (bicyclic) bond motifs is 1. The molecule has 0 spiro atoms. The average Bonchev–Trinajstić information content (AvgIpc) is 2.83. The smallest absolute Gasteiger partial charge is 0.159 e. The maximum Gasteiger partial charge on any atom is 0.159 e. The lowest BCUT2D eigenvalue weighted by Gasteiger charge is -2.20. The second kappa shape index (κ2) is 5.44. The van der Waals surface area contributed by atoms with Crippen molar-refractivity contribution in [3.05, 3.63) is 34.6 Å². The fourth-order valence-corrected chi connectivity index (χ4v) is 5.92. The van der Waals surface area contributed by atoms with Crippen molar-refractivity contribution in [3.63, 3.8) is 0 Å². The third-order valence-electron chi connectivity index (χ3n) is 3.74. The van der Waals surface area contributed by atoms with E-state index in [4.69, 9.17) is 11.6 Å². The van der Waals surface area contributed by atoms with Gasteiger partial charge in [-0.2, -0.15) is 0 Å². The molecule has 0 aliphatic carbocycles. The number of thioether (sulfide) groups is 1. The summed E-state index contributed by atoms with van der Waals surface area (Å²) in [5.41, 5.74) is 0.837. The van der Waals surface area contributed by atoms with Gasteiger partial charge in [-0.3, -0.25) is 4.99 Å². The van der Waals surface area contributed by atoms with Gasteiger partial charge in [0.05, 0.1) is 23.6 Å². The molecule has 0 aromatic heterocycles. The van der Waals surface area contributed by atoms with Crippen LogP contribution in [0.2, 0.25) is 5.02 Å². The van der Waals surface area contributed by atoms with Gasteiger partial charge in [-0.25, -0.2) is 12.8 Å². The summed E-state index contributed by atoms with van der Waals surface area (Å²) >= 11 is 7.49. The summed E-state index contributed by atoms with van der Waals surface area (Å²) in [5.74, 6) is 0.514. The highest BCUT2D eigenvalue weighted by Gasteiger charge is 2.44. The van der Waals surface area contributed by atoms with Gasteiger partial charge in [0, 0.05) is 17.8 Å². The van der Waals surface area contributed by atoms with Gasteiger partial charge in [-0.1, -0.05) is 29.4 Å². The molecule has 8 heteroatoms. The Morgan fingerprint density at radius 3 is 2.90 bits per heavy atom. The third kappa shape index (κ3) is 3.05. The van der Waals surface area contributed by atoms with E-state index in [-0.39, 0.29) is 29.4 Å². The highest BCUT2D eigenvalue weighted by molar-refractivity contribution is 8.13. The van der Waals surface area contributed by atoms with Gasteiger partial charge in [0.1, 0.15) is 5.82 Å². The number of likely N-dealkylation sites (N-methyl/N-ethyl adjacent to an activating group) is 1. The molecule has 0 amide bonds. The standard InChI is InChI=1S/C13H14ClFN2O2S2/c1-17-12-7-21(18,19)6-11(12)16-13(17)20-5-8-2-3-9(15)4-10(8)14/h2-4,11-12H,5-7H2,1H3/t11-,12+/m0/s1. The first-order chi connectivity index (χ1) is 9.85. The van der Waals surface area contributed by atoms with Gasteiger partial charge in [-0.05, 0) is 17.7 Å². The van der Waals surface area contributed by atoms with Gasteiger partial charge in [-0.15, -0.1) is 0 Å². The van der Waals surface area contributed by atoms with E-state index in [9.17, 15) is 12.8 Å². The second-order valence-electron chi connectivity index (χ2n) is 5.26. The number of nitrogens with zero attached hydrogens (tertiary/aromatic N) is 2. The van der Waals surface area contributed by atoms with Gasteiger partial charge < -0.3 is 4.90 Å². The summed E-state index contributed by atoms with van der Waals surface area (Å²) in [4.78, 5) is 6.43. The summed E-state index contributed by atoms with van der Waals surface area (Å²) in [7, 11) is -1.10. The molecule has 2 aliphatic rings. The lowest BCUT2D eigenvalue weighted by molar-refractivity contribution is 0.410. The third-order valence-corrected chi connectivity index (χ3v) is 6.90. The SMILES string of the molecule is CN1C(SCc2ccc(F)cc2Cl)=N[C@H]2CS(=O)(=O)C[C@H]21. The zero-order valence-corrected chi connectivity index (χ0v) is 13.7. The Kier molecular flexibility index (Phi) is 3.92. The Bertz CT molecular complexity index is 708. The van der Waals surface area contributed by atoms with Crippen LogP contribution in [0, 0.1) is 5.82 Å². The monoisotopic (exact) mass is 348 g/mol. The number of halogens is 2. The second-order valence-corrected chi connectivity index (χ2v) is 8.76. The first kappa shape index (κ1) is 15.1. The van der Waals surface area contributed by atoms with Crippen molar-refractivity contribution in [2.45, 2.75) is 17.8 Å². The number of benzene rings is 1. The van der Waals surface area contributed by atoms with Crippen LogP contribution in [0.15, 0.2) is 23.2 Å². The minimum absolute atomic E-state index is 0.0545. The molecule has 114 valence electrons. The van der Waals surface area contributed by atoms with Crippen molar-refractivity contribution in [2.24, 2.45) is 4.99 Å². The molecule has 3 rings (SSSR count). The molecule has 1 fully saturated rings. The van der Waals surface area contributed by atoms with Crippen LogP contribution < -0.4 is 0 Å². The number of sulfone groups is 1. The lowest BCUT2D eigenvalue weighted by atomic mass is 10.2. The highest BCUT2D eigenvalue weighted by Crippen LogP contribution is 2.32. The van der Waals surface area contributed by atoms with E-state index < -0.39 is 9.84 Å². The van der Waals surface area contributed by atoms with Crippen molar-refractivity contribution >= 4 is 38.4 Å². The molecule has 1 aromatic rings. The predicted octanol–water partition coefficient (Wildman–Crippen LogP) is 2.18. The first-order valence-corrected chi connectivity index (χ1v) is 9.62. The van der Waals surface area contributed by atoms with Crippen LogP contribution in [0.5, 0.6) is 0 Å². The highest BCUT2D eigenvalue weighted by atomic mass is 35.5. The first-order valence-electron chi connectivity index (χ1n) is 6.43.